The largest absolute Gasteiger partial charge is 0.477 e. The summed E-state index contributed by atoms with van der Waals surface area (Å²) >= 11 is 12.3. The standard InChI is InChI=1S/C23H15Cl2N5O3/c1-13-27-21(28-33-13)16-8-15(9-17(24)10-16)20-22(31)29-7-3-2-4-19(29)30(23(20)32)12-14-5-6-18(25)26-11-14/h2-11H,12H2,1H3/p+1. The number of benzene rings is 1. The molecule has 0 aliphatic rings. The molecule has 4 heterocycles. The third-order valence-electron chi connectivity index (χ3n) is 5.13. The maximum atomic E-state index is 13.4. The molecular weight excluding hydrogens is 465 g/mol. The lowest BCUT2D eigenvalue weighted by molar-refractivity contribution is -0.671. The molecular formula is C23H16Cl2N5O3+. The van der Waals surface area contributed by atoms with E-state index in [0.29, 0.717) is 38.7 Å². The van der Waals surface area contributed by atoms with Crippen LogP contribution in [0, 0.1) is 6.92 Å². The highest BCUT2D eigenvalue weighted by atomic mass is 35.5. The van der Waals surface area contributed by atoms with Crippen molar-refractivity contribution < 1.29 is 14.2 Å². The predicted octanol–water partition coefficient (Wildman–Crippen LogP) is 4.07. The summed E-state index contributed by atoms with van der Waals surface area (Å²) in [6.07, 6.45) is 3.26. The summed E-state index contributed by atoms with van der Waals surface area (Å²) in [5.74, 6) is 0.518. The van der Waals surface area contributed by atoms with Crippen molar-refractivity contribution in [3.63, 3.8) is 0 Å². The van der Waals surface area contributed by atoms with Crippen LogP contribution in [0.1, 0.15) is 11.5 Å². The van der Waals surface area contributed by atoms with Crippen LogP contribution in [0.15, 0.2) is 70.2 Å². The molecule has 4 aromatic heterocycles. The Labute approximate surface area is 197 Å². The maximum absolute atomic E-state index is 13.4. The average Bonchev–Trinajstić information content (AvgIpc) is 3.24. The number of pyridine rings is 2. The number of aryl methyl sites for hydroxylation is 1. The van der Waals surface area contributed by atoms with Crippen LogP contribution >= 0.6 is 23.2 Å². The second-order valence-electron chi connectivity index (χ2n) is 7.37. The van der Waals surface area contributed by atoms with Gasteiger partial charge in [-0.05, 0) is 35.9 Å². The molecule has 0 amide bonds. The molecule has 1 N–H and O–H groups in total. The van der Waals surface area contributed by atoms with Gasteiger partial charge in [0.1, 0.15) is 11.7 Å². The van der Waals surface area contributed by atoms with Crippen molar-refractivity contribution in [1.82, 2.24) is 19.5 Å². The molecule has 0 aliphatic heterocycles. The van der Waals surface area contributed by atoms with E-state index >= 15 is 0 Å². The van der Waals surface area contributed by atoms with E-state index in [-0.39, 0.29) is 18.0 Å². The summed E-state index contributed by atoms with van der Waals surface area (Å²) in [5.41, 5.74) is 1.97. The lowest BCUT2D eigenvalue weighted by Gasteiger charge is -2.11. The second kappa shape index (κ2) is 8.31. The van der Waals surface area contributed by atoms with E-state index in [1.807, 2.05) is 6.07 Å². The van der Waals surface area contributed by atoms with E-state index in [2.05, 4.69) is 15.1 Å². The molecule has 0 atom stereocenters. The Kier molecular flexibility index (Phi) is 5.32. The Morgan fingerprint density at radius 2 is 1.94 bits per heavy atom. The van der Waals surface area contributed by atoms with E-state index in [4.69, 9.17) is 27.7 Å². The van der Waals surface area contributed by atoms with Crippen LogP contribution in [0.3, 0.4) is 0 Å². The van der Waals surface area contributed by atoms with Gasteiger partial charge in [-0.1, -0.05) is 40.5 Å². The first-order valence-electron chi connectivity index (χ1n) is 9.89. The van der Waals surface area contributed by atoms with Crippen LogP contribution in [0.5, 0.6) is 5.88 Å². The van der Waals surface area contributed by atoms with Crippen LogP contribution in [-0.2, 0) is 6.54 Å². The number of aromatic nitrogens is 5. The van der Waals surface area contributed by atoms with Gasteiger partial charge in [0.25, 0.3) is 11.5 Å². The van der Waals surface area contributed by atoms with Crippen molar-refractivity contribution in [2.45, 2.75) is 13.5 Å². The zero-order chi connectivity index (χ0) is 23.1. The van der Waals surface area contributed by atoms with Crippen LogP contribution in [-0.4, -0.2) is 24.6 Å². The molecule has 0 aliphatic carbocycles. The highest BCUT2D eigenvalue weighted by molar-refractivity contribution is 6.31. The maximum Gasteiger partial charge on any atom is 0.354 e. The van der Waals surface area contributed by atoms with Crippen molar-refractivity contribution in [1.29, 1.82) is 0 Å². The van der Waals surface area contributed by atoms with E-state index in [9.17, 15) is 9.90 Å². The predicted molar refractivity (Wildman–Crippen MR) is 122 cm³/mol. The molecule has 0 saturated carbocycles. The molecule has 0 unspecified atom stereocenters. The lowest BCUT2D eigenvalue weighted by atomic mass is 10.0. The van der Waals surface area contributed by atoms with Gasteiger partial charge in [-0.3, -0.25) is 0 Å². The van der Waals surface area contributed by atoms with Gasteiger partial charge in [-0.2, -0.15) is 14.0 Å². The minimum Gasteiger partial charge on any atom is -0.477 e. The van der Waals surface area contributed by atoms with Crippen molar-refractivity contribution in [3.8, 4) is 28.4 Å². The Morgan fingerprint density at radius 3 is 2.67 bits per heavy atom. The van der Waals surface area contributed by atoms with Crippen LogP contribution < -0.4 is 10.1 Å². The Hall–Kier alpha value is -3.75. The number of hydrogen-bond donors (Lipinski definition) is 1. The normalized spacial score (nSPS) is 11.2. The summed E-state index contributed by atoms with van der Waals surface area (Å²) in [5, 5.41) is 16.0. The van der Waals surface area contributed by atoms with Gasteiger partial charge in [0.15, 0.2) is 5.56 Å². The van der Waals surface area contributed by atoms with Crippen LogP contribution in [0.4, 0.5) is 0 Å². The number of nitrogens with zero attached hydrogens (tertiary/aromatic N) is 5. The molecule has 33 heavy (non-hydrogen) atoms. The number of rotatable bonds is 4. The average molecular weight is 481 g/mol. The number of fused-ring (bicyclic) bond motifs is 1. The zero-order valence-corrected chi connectivity index (χ0v) is 18.7. The fourth-order valence-electron chi connectivity index (χ4n) is 3.66. The first kappa shape index (κ1) is 21.1. The van der Waals surface area contributed by atoms with E-state index in [1.54, 1.807) is 66.3 Å². The Balaban J connectivity index is 1.75. The van der Waals surface area contributed by atoms with Gasteiger partial charge in [-0.25, -0.2) is 9.78 Å². The molecule has 5 aromatic rings. The fourth-order valence-corrected chi connectivity index (χ4v) is 4.00. The molecule has 8 nitrogen and oxygen atoms in total. The number of hydrogen-bond acceptors (Lipinski definition) is 6. The van der Waals surface area contributed by atoms with Gasteiger partial charge in [0.2, 0.25) is 11.7 Å². The molecule has 0 fully saturated rings. The SMILES string of the molecule is Cc1nc(-c2cc(Cl)cc(-c3c(O)[n+](Cc4ccc(Cl)nc4)c4ccccn4c3=O)c2)no1. The molecule has 1 aromatic carbocycles. The van der Waals surface area contributed by atoms with Gasteiger partial charge in [0, 0.05) is 35.3 Å². The molecule has 0 saturated heterocycles. The van der Waals surface area contributed by atoms with Crippen molar-refractivity contribution >= 4 is 28.8 Å². The van der Waals surface area contributed by atoms with Gasteiger partial charge in [-0.15, -0.1) is 0 Å². The monoisotopic (exact) mass is 480 g/mol. The first-order valence-corrected chi connectivity index (χ1v) is 10.6. The van der Waals surface area contributed by atoms with Crippen LogP contribution in [0.25, 0.3) is 28.2 Å². The summed E-state index contributed by atoms with van der Waals surface area (Å²) in [6.45, 7) is 1.94. The van der Waals surface area contributed by atoms with E-state index < -0.39 is 5.56 Å². The van der Waals surface area contributed by atoms with Crippen molar-refractivity contribution in [3.05, 3.63) is 92.9 Å². The van der Waals surface area contributed by atoms with E-state index in [0.717, 1.165) is 5.56 Å². The summed E-state index contributed by atoms with van der Waals surface area (Å²) < 4.78 is 8.16. The quantitative estimate of drug-likeness (QED) is 0.307. The van der Waals surface area contributed by atoms with Gasteiger partial charge in [0.05, 0.1) is 6.20 Å². The van der Waals surface area contributed by atoms with E-state index in [1.165, 1.54) is 4.40 Å². The molecule has 10 heteroatoms. The summed E-state index contributed by atoms with van der Waals surface area (Å²) in [7, 11) is 0. The third kappa shape index (κ3) is 3.94. The second-order valence-corrected chi connectivity index (χ2v) is 8.20. The number of halogens is 2. The molecule has 164 valence electrons. The Morgan fingerprint density at radius 1 is 1.12 bits per heavy atom. The molecule has 5 rings (SSSR count). The highest BCUT2D eigenvalue weighted by Crippen LogP contribution is 2.31. The minimum absolute atomic E-state index is 0.0876. The lowest BCUT2D eigenvalue weighted by Crippen LogP contribution is -2.41. The minimum atomic E-state index is -0.397. The molecule has 0 spiro atoms. The smallest absolute Gasteiger partial charge is 0.354 e. The molecule has 0 bridgehead atoms. The topological polar surface area (TPSA) is 97.4 Å². The number of aromatic hydroxyl groups is 1. The first-order chi connectivity index (χ1) is 15.9. The van der Waals surface area contributed by atoms with Gasteiger partial charge >= 0.3 is 5.56 Å². The fraction of sp³-hybridized carbons (Fsp3) is 0.0870. The zero-order valence-electron chi connectivity index (χ0n) is 17.2. The van der Waals surface area contributed by atoms with Crippen molar-refractivity contribution in [2.75, 3.05) is 0 Å². The molecule has 0 radical (unpaired) electrons. The Bertz CT molecular complexity index is 1560. The summed E-state index contributed by atoms with van der Waals surface area (Å²) in [6, 6.07) is 13.7. The summed E-state index contributed by atoms with van der Waals surface area (Å²) in [4.78, 5) is 21.8. The van der Waals surface area contributed by atoms with Crippen molar-refractivity contribution in [2.24, 2.45) is 0 Å². The third-order valence-corrected chi connectivity index (χ3v) is 5.57. The van der Waals surface area contributed by atoms with Gasteiger partial charge < -0.3 is 9.63 Å². The highest BCUT2D eigenvalue weighted by Gasteiger charge is 2.26. The van der Waals surface area contributed by atoms with Crippen LogP contribution in [0.2, 0.25) is 10.2 Å².